The fourth-order valence-electron chi connectivity index (χ4n) is 1.31. The number of anilines is 1. The van der Waals surface area contributed by atoms with Crippen LogP contribution < -0.4 is 5.32 Å². The highest BCUT2D eigenvalue weighted by atomic mass is 19.1. The third-order valence-electron chi connectivity index (χ3n) is 2.09. The molecule has 0 saturated carbocycles. The number of nitrogens with one attached hydrogen (secondary N) is 2. The molecule has 4 nitrogen and oxygen atoms in total. The predicted molar refractivity (Wildman–Crippen MR) is 54.8 cm³/mol. The smallest absolute Gasteiger partial charge is 0.168 e. The largest absolute Gasteiger partial charge is 0.358 e. The zero-order valence-electron chi connectivity index (χ0n) is 8.54. The van der Waals surface area contributed by atoms with Crippen LogP contribution in [-0.4, -0.2) is 15.0 Å². The molecule has 2 rings (SSSR count). The van der Waals surface area contributed by atoms with Gasteiger partial charge in [0.25, 0.3) is 0 Å². The van der Waals surface area contributed by atoms with Crippen LogP contribution in [0.25, 0.3) is 0 Å². The second-order valence-electron chi connectivity index (χ2n) is 3.32. The summed E-state index contributed by atoms with van der Waals surface area (Å²) < 4.78 is 25.9. The zero-order chi connectivity index (χ0) is 11.5. The second-order valence-corrected chi connectivity index (χ2v) is 3.32. The van der Waals surface area contributed by atoms with Gasteiger partial charge in [0.1, 0.15) is 11.6 Å². The molecule has 0 aliphatic carbocycles. The summed E-state index contributed by atoms with van der Waals surface area (Å²) in [5.74, 6) is -0.761. The van der Waals surface area contributed by atoms with Gasteiger partial charge in [-0.3, -0.25) is 0 Å². The van der Waals surface area contributed by atoms with Gasteiger partial charge in [-0.1, -0.05) is 0 Å². The number of rotatable bonds is 3. The van der Waals surface area contributed by atoms with Gasteiger partial charge in [-0.25, -0.2) is 18.7 Å². The van der Waals surface area contributed by atoms with Crippen molar-refractivity contribution in [2.75, 3.05) is 5.32 Å². The Morgan fingerprint density at radius 3 is 2.81 bits per heavy atom. The number of imidazole rings is 1. The third kappa shape index (κ3) is 2.16. The summed E-state index contributed by atoms with van der Waals surface area (Å²) >= 11 is 0. The SMILES string of the molecule is CC(Nc1ncc(F)cc1F)c1ncc[nH]1. The minimum absolute atomic E-state index is 0.00491. The summed E-state index contributed by atoms with van der Waals surface area (Å²) in [7, 11) is 0. The van der Waals surface area contributed by atoms with E-state index in [4.69, 9.17) is 0 Å². The van der Waals surface area contributed by atoms with E-state index >= 15 is 0 Å². The second kappa shape index (κ2) is 4.26. The maximum atomic E-state index is 13.3. The van der Waals surface area contributed by atoms with Crippen LogP contribution in [0.15, 0.2) is 24.7 Å². The lowest BCUT2D eigenvalue weighted by atomic mass is 10.3. The molecule has 0 amide bonds. The Kier molecular flexibility index (Phi) is 2.80. The zero-order valence-corrected chi connectivity index (χ0v) is 8.54. The van der Waals surface area contributed by atoms with E-state index in [9.17, 15) is 8.78 Å². The van der Waals surface area contributed by atoms with Crippen LogP contribution in [0.4, 0.5) is 14.6 Å². The third-order valence-corrected chi connectivity index (χ3v) is 2.09. The van der Waals surface area contributed by atoms with Crippen LogP contribution in [0.3, 0.4) is 0 Å². The van der Waals surface area contributed by atoms with E-state index in [1.54, 1.807) is 19.3 Å². The molecule has 1 atom stereocenters. The molecule has 0 aliphatic rings. The molecule has 2 aromatic rings. The van der Waals surface area contributed by atoms with Gasteiger partial charge in [0.2, 0.25) is 0 Å². The van der Waals surface area contributed by atoms with Gasteiger partial charge < -0.3 is 10.3 Å². The maximum absolute atomic E-state index is 13.3. The van der Waals surface area contributed by atoms with Crippen LogP contribution in [0, 0.1) is 11.6 Å². The number of hydrogen-bond acceptors (Lipinski definition) is 3. The number of hydrogen-bond donors (Lipinski definition) is 2. The van der Waals surface area contributed by atoms with Gasteiger partial charge >= 0.3 is 0 Å². The van der Waals surface area contributed by atoms with Crippen molar-refractivity contribution in [1.82, 2.24) is 15.0 Å². The standard InChI is InChI=1S/C10H10F2N4/c1-6(9-13-2-3-14-9)16-10-8(12)4-7(11)5-15-10/h2-6H,1H3,(H,13,14)(H,15,16). The minimum Gasteiger partial charge on any atom is -0.358 e. The van der Waals surface area contributed by atoms with Crippen molar-refractivity contribution in [2.24, 2.45) is 0 Å². The van der Waals surface area contributed by atoms with Gasteiger partial charge in [0.05, 0.1) is 12.2 Å². The van der Waals surface area contributed by atoms with Gasteiger partial charge in [-0.2, -0.15) is 0 Å². The first-order valence-electron chi connectivity index (χ1n) is 4.73. The molecule has 0 spiro atoms. The highest BCUT2D eigenvalue weighted by Crippen LogP contribution is 2.17. The van der Waals surface area contributed by atoms with E-state index in [1.807, 2.05) is 0 Å². The van der Waals surface area contributed by atoms with Crippen molar-refractivity contribution in [3.8, 4) is 0 Å². The van der Waals surface area contributed by atoms with Crippen molar-refractivity contribution in [3.05, 3.63) is 42.1 Å². The molecular weight excluding hydrogens is 214 g/mol. The maximum Gasteiger partial charge on any atom is 0.168 e. The summed E-state index contributed by atoms with van der Waals surface area (Å²) in [6, 6.07) is 0.548. The summed E-state index contributed by atoms with van der Waals surface area (Å²) in [5, 5.41) is 2.79. The Morgan fingerprint density at radius 1 is 1.38 bits per heavy atom. The molecule has 2 N–H and O–H groups in total. The topological polar surface area (TPSA) is 53.6 Å². The van der Waals surface area contributed by atoms with Crippen LogP contribution in [0.5, 0.6) is 0 Å². The van der Waals surface area contributed by atoms with E-state index in [2.05, 4.69) is 20.3 Å². The fourth-order valence-corrected chi connectivity index (χ4v) is 1.31. The number of aromatic amines is 1. The first-order chi connectivity index (χ1) is 7.66. The summed E-state index contributed by atoms with van der Waals surface area (Å²) in [6.07, 6.45) is 4.23. The molecular formula is C10H10F2N4. The Morgan fingerprint density at radius 2 is 2.19 bits per heavy atom. The number of H-pyrrole nitrogens is 1. The lowest BCUT2D eigenvalue weighted by Crippen LogP contribution is -2.11. The number of halogens is 2. The van der Waals surface area contributed by atoms with Crippen LogP contribution in [-0.2, 0) is 0 Å². The Balaban J connectivity index is 2.15. The monoisotopic (exact) mass is 224 g/mol. The molecule has 6 heteroatoms. The van der Waals surface area contributed by atoms with Crippen LogP contribution >= 0.6 is 0 Å². The van der Waals surface area contributed by atoms with Crippen molar-refractivity contribution < 1.29 is 8.78 Å². The van der Waals surface area contributed by atoms with Gasteiger partial charge in [0.15, 0.2) is 11.6 Å². The lowest BCUT2D eigenvalue weighted by Gasteiger charge is -2.12. The molecule has 0 aliphatic heterocycles. The first kappa shape index (κ1) is 10.5. The number of pyridine rings is 1. The Bertz CT molecular complexity index is 470. The number of nitrogens with zero attached hydrogens (tertiary/aromatic N) is 2. The van der Waals surface area contributed by atoms with Crippen molar-refractivity contribution in [1.29, 1.82) is 0 Å². The van der Waals surface area contributed by atoms with E-state index in [0.29, 0.717) is 5.82 Å². The molecule has 16 heavy (non-hydrogen) atoms. The quantitative estimate of drug-likeness (QED) is 0.840. The van der Waals surface area contributed by atoms with Gasteiger partial charge in [-0.05, 0) is 6.92 Å². The molecule has 0 bridgehead atoms. The highest BCUT2D eigenvalue weighted by Gasteiger charge is 2.11. The lowest BCUT2D eigenvalue weighted by molar-refractivity contribution is 0.573. The summed E-state index contributed by atoms with van der Waals surface area (Å²) in [4.78, 5) is 10.5. The first-order valence-corrected chi connectivity index (χ1v) is 4.73. The van der Waals surface area contributed by atoms with E-state index in [0.717, 1.165) is 12.3 Å². The normalized spacial score (nSPS) is 12.4. The van der Waals surface area contributed by atoms with Gasteiger partial charge in [-0.15, -0.1) is 0 Å². The minimum atomic E-state index is -0.724. The molecule has 0 radical (unpaired) electrons. The van der Waals surface area contributed by atoms with Crippen molar-refractivity contribution in [3.63, 3.8) is 0 Å². The summed E-state index contributed by atoms with van der Waals surface area (Å²) in [5.41, 5.74) is 0. The Hall–Kier alpha value is -1.98. The predicted octanol–water partition coefficient (Wildman–Crippen LogP) is 2.26. The molecule has 84 valence electrons. The van der Waals surface area contributed by atoms with E-state index in [1.165, 1.54) is 0 Å². The van der Waals surface area contributed by atoms with Crippen molar-refractivity contribution in [2.45, 2.75) is 13.0 Å². The fraction of sp³-hybridized carbons (Fsp3) is 0.200. The van der Waals surface area contributed by atoms with Crippen molar-refractivity contribution >= 4 is 5.82 Å². The highest BCUT2D eigenvalue weighted by molar-refractivity contribution is 5.37. The summed E-state index contributed by atoms with van der Waals surface area (Å²) in [6.45, 7) is 1.79. The molecule has 0 saturated heterocycles. The molecule has 2 heterocycles. The molecule has 0 aromatic carbocycles. The van der Waals surface area contributed by atoms with Crippen LogP contribution in [0.1, 0.15) is 18.8 Å². The number of aromatic nitrogens is 3. The molecule has 0 fully saturated rings. The van der Waals surface area contributed by atoms with Gasteiger partial charge in [0, 0.05) is 18.5 Å². The average Bonchev–Trinajstić information content (AvgIpc) is 2.75. The molecule has 2 aromatic heterocycles. The van der Waals surface area contributed by atoms with E-state index in [-0.39, 0.29) is 11.9 Å². The molecule has 1 unspecified atom stereocenters. The van der Waals surface area contributed by atoms with Crippen LogP contribution in [0.2, 0.25) is 0 Å². The Labute approximate surface area is 90.7 Å². The average molecular weight is 224 g/mol. The van der Waals surface area contributed by atoms with E-state index < -0.39 is 11.6 Å².